The largest absolute Gasteiger partial charge is 0.497 e. The number of methoxy groups -OCH3 is 2. The van der Waals surface area contributed by atoms with Crippen molar-refractivity contribution in [2.75, 3.05) is 14.2 Å². The van der Waals surface area contributed by atoms with Crippen LogP contribution in [0, 0.1) is 0 Å². The van der Waals surface area contributed by atoms with Crippen molar-refractivity contribution in [3.8, 4) is 11.5 Å². The second kappa shape index (κ2) is 5.55. The standard InChI is InChI=1S/C13H16N2O3/c1-17-9-3-4-10(12(7-9)18-2)11(16)8-13-14-5-6-15-13/h3-7,11,16H,8H2,1-2H3,(H,14,15). The number of nitrogens with one attached hydrogen (secondary N) is 1. The second-order valence-corrected chi connectivity index (χ2v) is 3.86. The van der Waals surface area contributed by atoms with Gasteiger partial charge in [-0.1, -0.05) is 0 Å². The molecule has 0 aliphatic heterocycles. The lowest BCUT2D eigenvalue weighted by molar-refractivity contribution is 0.171. The number of aromatic amines is 1. The Morgan fingerprint density at radius 1 is 1.33 bits per heavy atom. The van der Waals surface area contributed by atoms with Crippen LogP contribution in [0.15, 0.2) is 30.6 Å². The molecule has 0 fully saturated rings. The summed E-state index contributed by atoms with van der Waals surface area (Å²) in [6, 6.07) is 5.34. The maximum Gasteiger partial charge on any atom is 0.128 e. The summed E-state index contributed by atoms with van der Waals surface area (Å²) in [4.78, 5) is 7.05. The summed E-state index contributed by atoms with van der Waals surface area (Å²) < 4.78 is 10.4. The number of hydrogen-bond acceptors (Lipinski definition) is 4. The van der Waals surface area contributed by atoms with Crippen LogP contribution >= 0.6 is 0 Å². The fraction of sp³-hybridized carbons (Fsp3) is 0.308. The number of nitrogens with zero attached hydrogens (tertiary/aromatic N) is 1. The maximum atomic E-state index is 10.2. The van der Waals surface area contributed by atoms with Crippen molar-refractivity contribution in [1.82, 2.24) is 9.97 Å². The van der Waals surface area contributed by atoms with Crippen molar-refractivity contribution in [3.05, 3.63) is 42.0 Å². The van der Waals surface area contributed by atoms with Crippen molar-refractivity contribution < 1.29 is 14.6 Å². The Balaban J connectivity index is 2.21. The predicted octanol–water partition coefficient (Wildman–Crippen LogP) is 1.70. The van der Waals surface area contributed by atoms with Gasteiger partial charge in [-0.15, -0.1) is 0 Å². The molecule has 2 rings (SSSR count). The Morgan fingerprint density at radius 2 is 2.17 bits per heavy atom. The van der Waals surface area contributed by atoms with Gasteiger partial charge in [0.25, 0.3) is 0 Å². The van der Waals surface area contributed by atoms with Crippen LogP contribution in [-0.4, -0.2) is 29.3 Å². The minimum Gasteiger partial charge on any atom is -0.497 e. The minimum atomic E-state index is -0.669. The minimum absolute atomic E-state index is 0.412. The van der Waals surface area contributed by atoms with E-state index in [1.807, 2.05) is 0 Å². The molecule has 0 amide bonds. The predicted molar refractivity (Wildman–Crippen MR) is 66.8 cm³/mol. The van der Waals surface area contributed by atoms with Gasteiger partial charge in [-0.3, -0.25) is 0 Å². The zero-order valence-corrected chi connectivity index (χ0v) is 10.4. The normalized spacial score (nSPS) is 12.2. The molecule has 2 aromatic rings. The smallest absolute Gasteiger partial charge is 0.128 e. The molecule has 0 bridgehead atoms. The van der Waals surface area contributed by atoms with Gasteiger partial charge < -0.3 is 19.6 Å². The molecule has 2 N–H and O–H groups in total. The van der Waals surface area contributed by atoms with Gasteiger partial charge in [0, 0.05) is 30.4 Å². The third-order valence-corrected chi connectivity index (χ3v) is 2.74. The average Bonchev–Trinajstić information content (AvgIpc) is 2.90. The van der Waals surface area contributed by atoms with E-state index in [-0.39, 0.29) is 0 Å². The summed E-state index contributed by atoms with van der Waals surface area (Å²) in [5.74, 6) is 2.04. The lowest BCUT2D eigenvalue weighted by atomic mass is 10.0. The average molecular weight is 248 g/mol. The van der Waals surface area contributed by atoms with Crippen LogP contribution in [0.5, 0.6) is 11.5 Å². The van der Waals surface area contributed by atoms with E-state index in [2.05, 4.69) is 9.97 Å². The summed E-state index contributed by atoms with van der Waals surface area (Å²) in [6.45, 7) is 0. The number of imidazole rings is 1. The first kappa shape index (κ1) is 12.4. The third kappa shape index (κ3) is 2.62. The zero-order valence-electron chi connectivity index (χ0n) is 10.4. The number of hydrogen-bond donors (Lipinski definition) is 2. The first-order valence-corrected chi connectivity index (χ1v) is 5.63. The lowest BCUT2D eigenvalue weighted by Crippen LogP contribution is -2.05. The molecule has 0 saturated heterocycles. The second-order valence-electron chi connectivity index (χ2n) is 3.86. The van der Waals surface area contributed by atoms with E-state index in [9.17, 15) is 5.11 Å². The first-order chi connectivity index (χ1) is 8.74. The number of aliphatic hydroxyl groups is 1. The summed E-state index contributed by atoms with van der Waals surface area (Å²) in [5.41, 5.74) is 0.717. The molecule has 1 aromatic carbocycles. The van der Waals surface area contributed by atoms with Gasteiger partial charge in [0.05, 0.1) is 20.3 Å². The SMILES string of the molecule is COc1ccc(C(O)Cc2ncc[nH]2)c(OC)c1. The third-order valence-electron chi connectivity index (χ3n) is 2.74. The topological polar surface area (TPSA) is 67.4 Å². The van der Waals surface area contributed by atoms with E-state index >= 15 is 0 Å². The van der Waals surface area contributed by atoms with E-state index < -0.39 is 6.10 Å². The zero-order chi connectivity index (χ0) is 13.0. The highest BCUT2D eigenvalue weighted by Crippen LogP contribution is 2.30. The van der Waals surface area contributed by atoms with Gasteiger partial charge in [0.15, 0.2) is 0 Å². The van der Waals surface area contributed by atoms with Gasteiger partial charge in [-0.25, -0.2) is 4.98 Å². The summed E-state index contributed by atoms with van der Waals surface area (Å²) >= 11 is 0. The van der Waals surface area contributed by atoms with Crippen LogP contribution in [0.1, 0.15) is 17.5 Å². The van der Waals surface area contributed by atoms with E-state index in [0.717, 1.165) is 11.4 Å². The Kier molecular flexibility index (Phi) is 3.84. The number of aromatic nitrogens is 2. The van der Waals surface area contributed by atoms with Crippen molar-refractivity contribution >= 4 is 0 Å². The van der Waals surface area contributed by atoms with Crippen molar-refractivity contribution in [2.45, 2.75) is 12.5 Å². The van der Waals surface area contributed by atoms with Crippen molar-refractivity contribution in [2.24, 2.45) is 0 Å². The number of ether oxygens (including phenoxy) is 2. The number of rotatable bonds is 5. The first-order valence-electron chi connectivity index (χ1n) is 5.63. The molecule has 1 heterocycles. The van der Waals surface area contributed by atoms with Crippen LogP contribution in [0.4, 0.5) is 0 Å². The highest BCUT2D eigenvalue weighted by molar-refractivity contribution is 5.42. The Hall–Kier alpha value is -2.01. The van der Waals surface area contributed by atoms with Gasteiger partial charge in [0.2, 0.25) is 0 Å². The fourth-order valence-corrected chi connectivity index (χ4v) is 1.80. The van der Waals surface area contributed by atoms with E-state index in [4.69, 9.17) is 9.47 Å². The molecular weight excluding hydrogens is 232 g/mol. The molecule has 1 aromatic heterocycles. The highest BCUT2D eigenvalue weighted by Gasteiger charge is 2.15. The number of aliphatic hydroxyl groups excluding tert-OH is 1. The van der Waals surface area contributed by atoms with Gasteiger partial charge in [-0.05, 0) is 12.1 Å². The van der Waals surface area contributed by atoms with Gasteiger partial charge >= 0.3 is 0 Å². The molecule has 96 valence electrons. The van der Waals surface area contributed by atoms with E-state index in [1.54, 1.807) is 44.8 Å². The summed E-state index contributed by atoms with van der Waals surface area (Å²) in [6.07, 6.45) is 3.13. The molecule has 0 aliphatic carbocycles. The molecule has 0 radical (unpaired) electrons. The number of H-pyrrole nitrogens is 1. The molecule has 1 unspecified atom stereocenters. The quantitative estimate of drug-likeness (QED) is 0.845. The lowest BCUT2D eigenvalue weighted by Gasteiger charge is -2.14. The molecule has 0 aliphatic rings. The summed E-state index contributed by atoms with van der Waals surface area (Å²) in [7, 11) is 3.16. The van der Waals surface area contributed by atoms with Crippen LogP contribution in [0.2, 0.25) is 0 Å². The van der Waals surface area contributed by atoms with E-state index in [0.29, 0.717) is 17.9 Å². The molecule has 0 spiro atoms. The van der Waals surface area contributed by atoms with Crippen LogP contribution in [-0.2, 0) is 6.42 Å². The summed E-state index contributed by atoms with van der Waals surface area (Å²) in [5, 5.41) is 10.2. The molecule has 1 atom stereocenters. The van der Waals surface area contributed by atoms with Crippen molar-refractivity contribution in [3.63, 3.8) is 0 Å². The Morgan fingerprint density at radius 3 is 2.78 bits per heavy atom. The monoisotopic (exact) mass is 248 g/mol. The maximum absolute atomic E-state index is 10.2. The fourth-order valence-electron chi connectivity index (χ4n) is 1.80. The molecular formula is C13H16N2O3. The van der Waals surface area contributed by atoms with Crippen molar-refractivity contribution in [1.29, 1.82) is 0 Å². The van der Waals surface area contributed by atoms with Crippen LogP contribution in [0.25, 0.3) is 0 Å². The van der Waals surface area contributed by atoms with E-state index in [1.165, 1.54) is 0 Å². The molecule has 18 heavy (non-hydrogen) atoms. The Labute approximate surface area is 105 Å². The molecule has 5 heteroatoms. The Bertz CT molecular complexity index is 497. The van der Waals surface area contributed by atoms with Gasteiger partial charge in [0.1, 0.15) is 17.3 Å². The van der Waals surface area contributed by atoms with Gasteiger partial charge in [-0.2, -0.15) is 0 Å². The van der Waals surface area contributed by atoms with Crippen LogP contribution in [0.3, 0.4) is 0 Å². The number of benzene rings is 1. The van der Waals surface area contributed by atoms with Crippen LogP contribution < -0.4 is 9.47 Å². The highest BCUT2D eigenvalue weighted by atomic mass is 16.5. The molecule has 5 nitrogen and oxygen atoms in total. The molecule has 0 saturated carbocycles.